The first-order chi connectivity index (χ1) is 10.7. The van der Waals surface area contributed by atoms with E-state index in [1.807, 2.05) is 11.8 Å². The fourth-order valence-corrected chi connectivity index (χ4v) is 3.82. The largest absolute Gasteiger partial charge is 0.345 e. The van der Waals surface area contributed by atoms with Crippen molar-refractivity contribution < 1.29 is 4.79 Å². The van der Waals surface area contributed by atoms with Crippen molar-refractivity contribution in [2.45, 2.75) is 45.6 Å². The smallest absolute Gasteiger partial charge is 0.317 e. The van der Waals surface area contributed by atoms with Crippen molar-refractivity contribution in [3.05, 3.63) is 5.82 Å². The van der Waals surface area contributed by atoms with Crippen LogP contribution in [0.5, 0.6) is 0 Å². The molecule has 1 N–H and O–H groups in total. The average molecular weight is 323 g/mol. The van der Waals surface area contributed by atoms with E-state index in [2.05, 4.69) is 26.5 Å². The van der Waals surface area contributed by atoms with Crippen molar-refractivity contribution in [2.75, 3.05) is 31.1 Å². The number of hydrogen-bond donors (Lipinski definition) is 1. The van der Waals surface area contributed by atoms with E-state index in [0.29, 0.717) is 12.0 Å². The molecule has 2 heterocycles. The minimum Gasteiger partial charge on any atom is -0.345 e. The molecule has 1 aromatic heterocycles. The van der Waals surface area contributed by atoms with Gasteiger partial charge in [0, 0.05) is 43.8 Å². The van der Waals surface area contributed by atoms with Crippen LogP contribution >= 0.6 is 11.5 Å². The summed E-state index contributed by atoms with van der Waals surface area (Å²) in [4.78, 5) is 21.0. The molecule has 1 saturated heterocycles. The number of amides is 2. The van der Waals surface area contributed by atoms with Crippen LogP contribution in [-0.4, -0.2) is 52.5 Å². The highest BCUT2D eigenvalue weighted by Gasteiger charge is 2.38. The zero-order chi connectivity index (χ0) is 15.5. The summed E-state index contributed by atoms with van der Waals surface area (Å²) in [6.45, 7) is 7.49. The lowest BCUT2D eigenvalue weighted by Gasteiger charge is -2.22. The number of anilines is 1. The van der Waals surface area contributed by atoms with Gasteiger partial charge in [0.2, 0.25) is 5.13 Å². The van der Waals surface area contributed by atoms with Crippen LogP contribution in [0, 0.1) is 12.8 Å². The van der Waals surface area contributed by atoms with Crippen LogP contribution in [0.3, 0.4) is 0 Å². The predicted octanol–water partition coefficient (Wildman–Crippen LogP) is 2.26. The highest BCUT2D eigenvalue weighted by Crippen LogP contribution is 2.34. The molecule has 1 aliphatic heterocycles. The molecule has 0 bridgehead atoms. The van der Waals surface area contributed by atoms with Crippen LogP contribution in [0.4, 0.5) is 9.93 Å². The lowest BCUT2D eigenvalue weighted by atomic mass is 10.2. The van der Waals surface area contributed by atoms with Crippen molar-refractivity contribution in [3.63, 3.8) is 0 Å². The van der Waals surface area contributed by atoms with Crippen molar-refractivity contribution >= 4 is 22.7 Å². The second kappa shape index (κ2) is 6.81. The van der Waals surface area contributed by atoms with E-state index in [1.54, 1.807) is 0 Å². The summed E-state index contributed by atoms with van der Waals surface area (Å²) >= 11 is 1.45. The Balaban J connectivity index is 1.49. The Morgan fingerprint density at radius 2 is 2.23 bits per heavy atom. The minimum absolute atomic E-state index is 0.110. The van der Waals surface area contributed by atoms with Crippen molar-refractivity contribution in [2.24, 2.45) is 5.92 Å². The molecule has 1 saturated carbocycles. The first kappa shape index (κ1) is 15.5. The van der Waals surface area contributed by atoms with Gasteiger partial charge in [0.05, 0.1) is 0 Å². The quantitative estimate of drug-likeness (QED) is 0.923. The third-order valence-corrected chi connectivity index (χ3v) is 5.33. The number of aromatic nitrogens is 2. The van der Waals surface area contributed by atoms with Gasteiger partial charge >= 0.3 is 6.03 Å². The van der Waals surface area contributed by atoms with Crippen molar-refractivity contribution in [3.8, 4) is 0 Å². The second-order valence-electron chi connectivity index (χ2n) is 6.29. The van der Waals surface area contributed by atoms with Gasteiger partial charge in [-0.3, -0.25) is 0 Å². The lowest BCUT2D eigenvalue weighted by molar-refractivity contribution is 0.200. The average Bonchev–Trinajstić information content (AvgIpc) is 3.15. The fraction of sp³-hybridized carbons (Fsp3) is 0.800. The third-order valence-electron chi connectivity index (χ3n) is 4.46. The number of hydrogen-bond acceptors (Lipinski definition) is 5. The summed E-state index contributed by atoms with van der Waals surface area (Å²) in [5.41, 5.74) is 0. The zero-order valence-electron chi connectivity index (χ0n) is 13.4. The number of carbonyl (C=O) groups is 1. The van der Waals surface area contributed by atoms with Crippen molar-refractivity contribution in [1.29, 1.82) is 0 Å². The maximum absolute atomic E-state index is 12.4. The molecular formula is C15H25N5OS. The first-order valence-electron chi connectivity index (χ1n) is 8.28. The Morgan fingerprint density at radius 3 is 2.95 bits per heavy atom. The molecule has 2 fully saturated rings. The molecule has 7 heteroatoms. The van der Waals surface area contributed by atoms with Gasteiger partial charge in [-0.25, -0.2) is 9.78 Å². The van der Waals surface area contributed by atoms with E-state index in [9.17, 15) is 4.79 Å². The number of aryl methyl sites for hydroxylation is 1. The normalized spacial score (nSPS) is 25.0. The van der Waals surface area contributed by atoms with Gasteiger partial charge in [0.1, 0.15) is 5.82 Å². The fourth-order valence-electron chi connectivity index (χ4n) is 3.09. The summed E-state index contributed by atoms with van der Waals surface area (Å²) in [5, 5.41) is 4.16. The van der Waals surface area contributed by atoms with Gasteiger partial charge in [-0.05, 0) is 32.1 Å². The van der Waals surface area contributed by atoms with Crippen LogP contribution in [0.15, 0.2) is 0 Å². The Hall–Kier alpha value is -1.37. The summed E-state index contributed by atoms with van der Waals surface area (Å²) in [6.07, 6.45) is 4.57. The van der Waals surface area contributed by atoms with Gasteiger partial charge in [0.25, 0.3) is 0 Å². The Labute approximate surface area is 136 Å². The number of rotatable bonds is 4. The van der Waals surface area contributed by atoms with E-state index in [4.69, 9.17) is 0 Å². The minimum atomic E-state index is 0.110. The molecule has 2 amide bonds. The molecular weight excluding hydrogens is 298 g/mol. The number of urea groups is 1. The van der Waals surface area contributed by atoms with Gasteiger partial charge in [-0.2, -0.15) is 4.37 Å². The molecule has 1 aromatic rings. The number of nitrogens with zero attached hydrogens (tertiary/aromatic N) is 4. The maximum Gasteiger partial charge on any atom is 0.317 e. The van der Waals surface area contributed by atoms with Gasteiger partial charge in [0.15, 0.2) is 0 Å². The Bertz CT molecular complexity index is 520. The molecule has 0 unspecified atom stereocenters. The zero-order valence-corrected chi connectivity index (χ0v) is 14.2. The molecule has 0 spiro atoms. The van der Waals surface area contributed by atoms with Gasteiger partial charge in [-0.1, -0.05) is 13.3 Å². The van der Waals surface area contributed by atoms with Crippen LogP contribution in [0.25, 0.3) is 0 Å². The van der Waals surface area contributed by atoms with Crippen LogP contribution < -0.4 is 10.2 Å². The molecule has 1 aliphatic carbocycles. The molecule has 6 nitrogen and oxygen atoms in total. The van der Waals surface area contributed by atoms with E-state index in [-0.39, 0.29) is 6.03 Å². The van der Waals surface area contributed by atoms with E-state index in [0.717, 1.165) is 50.0 Å². The number of carbonyl (C=O) groups excluding carboxylic acids is 1. The molecule has 0 aromatic carbocycles. The lowest BCUT2D eigenvalue weighted by Crippen LogP contribution is -2.43. The summed E-state index contributed by atoms with van der Waals surface area (Å²) in [7, 11) is 0. The van der Waals surface area contributed by atoms with Crippen LogP contribution in [0.2, 0.25) is 0 Å². The molecule has 3 rings (SSSR count). The molecule has 122 valence electrons. The van der Waals surface area contributed by atoms with E-state index in [1.165, 1.54) is 24.4 Å². The van der Waals surface area contributed by atoms with Crippen molar-refractivity contribution in [1.82, 2.24) is 19.6 Å². The van der Waals surface area contributed by atoms with E-state index >= 15 is 0 Å². The maximum atomic E-state index is 12.4. The number of nitrogens with one attached hydrogen (secondary N) is 1. The molecule has 0 radical (unpaired) electrons. The highest BCUT2D eigenvalue weighted by molar-refractivity contribution is 7.09. The van der Waals surface area contributed by atoms with Crippen LogP contribution in [-0.2, 0) is 0 Å². The predicted molar refractivity (Wildman–Crippen MR) is 88.4 cm³/mol. The Morgan fingerprint density at radius 1 is 1.36 bits per heavy atom. The first-order valence-corrected chi connectivity index (χ1v) is 9.05. The second-order valence-corrected chi connectivity index (χ2v) is 7.02. The monoisotopic (exact) mass is 323 g/mol. The van der Waals surface area contributed by atoms with Gasteiger partial charge in [-0.15, -0.1) is 0 Å². The SMILES string of the molecule is CCC[C@@H]1C[C@@H]1NC(=O)N1CCCN(c2nc(C)ns2)CC1. The third kappa shape index (κ3) is 3.69. The van der Waals surface area contributed by atoms with Gasteiger partial charge < -0.3 is 15.1 Å². The standard InChI is InChI=1S/C15H25N5OS/c1-3-5-12-10-13(12)17-14(21)19-6-4-7-20(9-8-19)15-16-11(2)18-22-15/h12-13H,3-10H2,1-2H3,(H,17,21)/t12-,13+/m1/s1. The summed E-state index contributed by atoms with van der Waals surface area (Å²) < 4.78 is 4.25. The topological polar surface area (TPSA) is 61.4 Å². The molecule has 2 aliphatic rings. The van der Waals surface area contributed by atoms with E-state index < -0.39 is 0 Å². The molecule has 2 atom stereocenters. The summed E-state index contributed by atoms with van der Waals surface area (Å²) in [5.74, 6) is 1.54. The summed E-state index contributed by atoms with van der Waals surface area (Å²) in [6, 6.07) is 0.525. The highest BCUT2D eigenvalue weighted by atomic mass is 32.1. The Kier molecular flexibility index (Phi) is 4.81. The molecule has 22 heavy (non-hydrogen) atoms. The van der Waals surface area contributed by atoms with Crippen LogP contribution in [0.1, 0.15) is 38.4 Å².